The van der Waals surface area contributed by atoms with Crippen molar-refractivity contribution in [2.75, 3.05) is 23.3 Å². The summed E-state index contributed by atoms with van der Waals surface area (Å²) in [6, 6.07) is 7.47. The molecule has 21 heavy (non-hydrogen) atoms. The average molecular weight is 304 g/mol. The number of halogens is 1. The van der Waals surface area contributed by atoms with Gasteiger partial charge in [-0.15, -0.1) is 5.10 Å². The van der Waals surface area contributed by atoms with Crippen LogP contribution in [0.1, 0.15) is 19.8 Å². The average Bonchev–Trinajstić information content (AvgIpc) is 2.47. The topological polar surface area (TPSA) is 53.9 Å². The van der Waals surface area contributed by atoms with E-state index >= 15 is 0 Å². The smallest absolute Gasteiger partial charge is 0.249 e. The number of nitrogens with one attached hydrogen (secondary N) is 1. The van der Waals surface area contributed by atoms with Crippen LogP contribution in [0.4, 0.5) is 17.5 Å². The van der Waals surface area contributed by atoms with Crippen LogP contribution in [0.2, 0.25) is 5.02 Å². The van der Waals surface area contributed by atoms with E-state index in [1.165, 1.54) is 12.8 Å². The van der Waals surface area contributed by atoms with Crippen LogP contribution in [0.15, 0.2) is 30.5 Å². The molecule has 2 aromatic rings. The first-order chi connectivity index (χ1) is 10.2. The molecule has 1 aliphatic heterocycles. The van der Waals surface area contributed by atoms with E-state index in [-0.39, 0.29) is 0 Å². The normalized spacial score (nSPS) is 18.6. The molecule has 0 saturated carbocycles. The molecule has 0 spiro atoms. The maximum Gasteiger partial charge on any atom is 0.249 e. The van der Waals surface area contributed by atoms with Gasteiger partial charge in [-0.05, 0) is 37.0 Å². The van der Waals surface area contributed by atoms with Crippen LogP contribution in [-0.2, 0) is 0 Å². The van der Waals surface area contributed by atoms with Gasteiger partial charge in [0.15, 0.2) is 5.82 Å². The standard InChI is InChI=1S/C15H18ClN5/c1-11-4-3-7-21(10-11)14-9-17-20-15(19-14)18-13-6-2-5-12(16)8-13/h2,5-6,8-9,11H,3-4,7,10H2,1H3,(H,18,19,20). The highest BCUT2D eigenvalue weighted by atomic mass is 35.5. The fraction of sp³-hybridized carbons (Fsp3) is 0.400. The van der Waals surface area contributed by atoms with Crippen molar-refractivity contribution in [3.8, 4) is 0 Å². The second kappa shape index (κ2) is 6.26. The molecule has 1 aromatic heterocycles. The number of nitrogens with zero attached hydrogens (tertiary/aromatic N) is 4. The van der Waals surface area contributed by atoms with Gasteiger partial charge in [-0.25, -0.2) is 0 Å². The van der Waals surface area contributed by atoms with Crippen molar-refractivity contribution < 1.29 is 0 Å². The van der Waals surface area contributed by atoms with E-state index in [1.807, 2.05) is 24.3 Å². The highest BCUT2D eigenvalue weighted by Gasteiger charge is 2.18. The molecule has 5 nitrogen and oxygen atoms in total. The van der Waals surface area contributed by atoms with Gasteiger partial charge in [0.1, 0.15) is 0 Å². The predicted molar refractivity (Wildman–Crippen MR) is 85.2 cm³/mol. The molecule has 6 heteroatoms. The van der Waals surface area contributed by atoms with Crippen molar-refractivity contribution >= 4 is 29.1 Å². The summed E-state index contributed by atoms with van der Waals surface area (Å²) in [6.07, 6.45) is 4.20. The molecule has 3 rings (SSSR count). The van der Waals surface area contributed by atoms with Crippen LogP contribution < -0.4 is 10.2 Å². The summed E-state index contributed by atoms with van der Waals surface area (Å²) in [6.45, 7) is 4.32. The number of rotatable bonds is 3. The van der Waals surface area contributed by atoms with Gasteiger partial charge in [0.05, 0.1) is 6.20 Å². The van der Waals surface area contributed by atoms with E-state index in [1.54, 1.807) is 6.20 Å². The minimum atomic E-state index is 0.494. The molecule has 1 aliphatic rings. The van der Waals surface area contributed by atoms with Gasteiger partial charge >= 0.3 is 0 Å². The Kier molecular flexibility index (Phi) is 4.20. The van der Waals surface area contributed by atoms with Crippen molar-refractivity contribution in [2.45, 2.75) is 19.8 Å². The summed E-state index contributed by atoms with van der Waals surface area (Å²) >= 11 is 5.98. The maximum absolute atomic E-state index is 5.98. The SMILES string of the molecule is CC1CCCN(c2cnnc(Nc3cccc(Cl)c3)n2)C1. The van der Waals surface area contributed by atoms with Gasteiger partial charge in [0.2, 0.25) is 5.95 Å². The highest BCUT2D eigenvalue weighted by molar-refractivity contribution is 6.30. The fourth-order valence-electron chi connectivity index (χ4n) is 2.59. The predicted octanol–water partition coefficient (Wildman–Crippen LogP) is 3.50. The van der Waals surface area contributed by atoms with E-state index in [0.29, 0.717) is 16.9 Å². The van der Waals surface area contributed by atoms with Crippen molar-refractivity contribution in [2.24, 2.45) is 5.92 Å². The Labute approximate surface area is 129 Å². The van der Waals surface area contributed by atoms with Crippen molar-refractivity contribution in [1.82, 2.24) is 15.2 Å². The second-order valence-electron chi connectivity index (χ2n) is 5.47. The van der Waals surface area contributed by atoms with E-state index < -0.39 is 0 Å². The minimum Gasteiger partial charge on any atom is -0.355 e. The van der Waals surface area contributed by atoms with E-state index in [0.717, 1.165) is 24.6 Å². The summed E-state index contributed by atoms with van der Waals surface area (Å²) in [5.74, 6) is 2.06. The number of aromatic nitrogens is 3. The van der Waals surface area contributed by atoms with Crippen LogP contribution >= 0.6 is 11.6 Å². The lowest BCUT2D eigenvalue weighted by Crippen LogP contribution is -2.35. The van der Waals surface area contributed by atoms with Gasteiger partial charge in [0.25, 0.3) is 0 Å². The third kappa shape index (κ3) is 3.61. The number of anilines is 3. The van der Waals surface area contributed by atoms with E-state index in [2.05, 4.69) is 32.3 Å². The lowest BCUT2D eigenvalue weighted by molar-refractivity contribution is 0.444. The fourth-order valence-corrected chi connectivity index (χ4v) is 2.78. The molecule has 0 bridgehead atoms. The third-order valence-electron chi connectivity index (χ3n) is 3.61. The van der Waals surface area contributed by atoms with Crippen molar-refractivity contribution in [1.29, 1.82) is 0 Å². The van der Waals surface area contributed by atoms with Gasteiger partial charge in [-0.2, -0.15) is 10.1 Å². The first kappa shape index (κ1) is 14.1. The van der Waals surface area contributed by atoms with Crippen molar-refractivity contribution in [3.63, 3.8) is 0 Å². The third-order valence-corrected chi connectivity index (χ3v) is 3.84. The lowest BCUT2D eigenvalue weighted by atomic mass is 10.0. The molecule has 0 amide bonds. The summed E-state index contributed by atoms with van der Waals surface area (Å²) in [5, 5.41) is 11.9. The summed E-state index contributed by atoms with van der Waals surface area (Å²) in [4.78, 5) is 6.82. The molecule has 1 atom stereocenters. The Morgan fingerprint density at radius 3 is 3.10 bits per heavy atom. The molecule has 0 aliphatic carbocycles. The van der Waals surface area contributed by atoms with Crippen LogP contribution in [0.5, 0.6) is 0 Å². The molecule has 2 heterocycles. The zero-order chi connectivity index (χ0) is 14.7. The molecule has 1 unspecified atom stereocenters. The Morgan fingerprint density at radius 1 is 1.38 bits per heavy atom. The van der Waals surface area contributed by atoms with Crippen LogP contribution in [0.25, 0.3) is 0 Å². The van der Waals surface area contributed by atoms with E-state index in [4.69, 9.17) is 11.6 Å². The quantitative estimate of drug-likeness (QED) is 0.940. The molecular weight excluding hydrogens is 286 g/mol. The first-order valence-electron chi connectivity index (χ1n) is 7.18. The minimum absolute atomic E-state index is 0.494. The maximum atomic E-state index is 5.98. The number of hydrogen-bond donors (Lipinski definition) is 1. The zero-order valence-corrected chi connectivity index (χ0v) is 12.7. The first-order valence-corrected chi connectivity index (χ1v) is 7.56. The Morgan fingerprint density at radius 2 is 2.29 bits per heavy atom. The number of piperidine rings is 1. The Hall–Kier alpha value is -1.88. The Balaban J connectivity index is 1.76. The van der Waals surface area contributed by atoms with E-state index in [9.17, 15) is 0 Å². The van der Waals surface area contributed by atoms with Crippen LogP contribution in [0.3, 0.4) is 0 Å². The van der Waals surface area contributed by atoms with Crippen molar-refractivity contribution in [3.05, 3.63) is 35.5 Å². The molecule has 1 fully saturated rings. The van der Waals surface area contributed by atoms with Crippen LogP contribution in [0, 0.1) is 5.92 Å². The molecule has 110 valence electrons. The largest absolute Gasteiger partial charge is 0.355 e. The van der Waals surface area contributed by atoms with Gasteiger partial charge < -0.3 is 10.2 Å². The highest BCUT2D eigenvalue weighted by Crippen LogP contribution is 2.22. The summed E-state index contributed by atoms with van der Waals surface area (Å²) < 4.78 is 0. The number of hydrogen-bond acceptors (Lipinski definition) is 5. The number of benzene rings is 1. The van der Waals surface area contributed by atoms with Gasteiger partial charge in [0, 0.05) is 23.8 Å². The molecule has 0 radical (unpaired) electrons. The lowest BCUT2D eigenvalue weighted by Gasteiger charge is -2.31. The monoisotopic (exact) mass is 303 g/mol. The zero-order valence-electron chi connectivity index (χ0n) is 12.0. The van der Waals surface area contributed by atoms with Gasteiger partial charge in [-0.1, -0.05) is 24.6 Å². The second-order valence-corrected chi connectivity index (χ2v) is 5.90. The molecule has 1 saturated heterocycles. The molecule has 1 N–H and O–H groups in total. The summed E-state index contributed by atoms with van der Waals surface area (Å²) in [7, 11) is 0. The Bertz CT molecular complexity index is 619. The van der Waals surface area contributed by atoms with Crippen LogP contribution in [-0.4, -0.2) is 28.3 Å². The molecular formula is C15H18ClN5. The van der Waals surface area contributed by atoms with Gasteiger partial charge in [-0.3, -0.25) is 0 Å². The summed E-state index contributed by atoms with van der Waals surface area (Å²) in [5.41, 5.74) is 0.855. The molecule has 1 aromatic carbocycles.